The maximum absolute atomic E-state index is 12.1. The van der Waals surface area contributed by atoms with Gasteiger partial charge in [0.1, 0.15) is 6.07 Å². The van der Waals surface area contributed by atoms with Crippen molar-refractivity contribution < 1.29 is 9.53 Å². The van der Waals surface area contributed by atoms with Crippen LogP contribution in [0.25, 0.3) is 0 Å². The molecule has 0 aromatic heterocycles. The Kier molecular flexibility index (Phi) is 4.95. The molecule has 1 rings (SSSR count). The van der Waals surface area contributed by atoms with E-state index in [9.17, 15) is 4.79 Å². The molecule has 5 heteroatoms. The molecular weight excluding hydrogens is 240 g/mol. The first-order valence-electron chi connectivity index (χ1n) is 5.13. The lowest BCUT2D eigenvalue weighted by molar-refractivity contribution is 0.0123. The van der Waals surface area contributed by atoms with Gasteiger partial charge in [0.25, 0.3) is 5.91 Å². The molecule has 1 amide bonds. The largest absolute Gasteiger partial charge is 0.349 e. The normalized spacial score (nSPS) is 11.6. The summed E-state index contributed by atoms with van der Waals surface area (Å²) in [6, 6.07) is 8.52. The summed E-state index contributed by atoms with van der Waals surface area (Å²) in [5.74, 6) is -0.275. The van der Waals surface area contributed by atoms with Crippen LogP contribution in [0.2, 0.25) is 5.02 Å². The number of halogens is 1. The Bertz CT molecular complexity index is 442. The molecule has 0 saturated heterocycles. The van der Waals surface area contributed by atoms with Gasteiger partial charge in [-0.25, -0.2) is 0 Å². The standard InChI is InChI=1S/C12H13ClN2O2/c1-3-15(11(8-14)17-2)12(16)9-5-4-6-10(13)7-9/h4-7,11H,3H2,1-2H3. The zero-order valence-corrected chi connectivity index (χ0v) is 10.4. The summed E-state index contributed by atoms with van der Waals surface area (Å²) in [4.78, 5) is 13.5. The molecule has 0 aliphatic rings. The van der Waals surface area contributed by atoms with Crippen molar-refractivity contribution in [3.05, 3.63) is 34.9 Å². The molecule has 17 heavy (non-hydrogen) atoms. The van der Waals surface area contributed by atoms with E-state index in [0.29, 0.717) is 17.1 Å². The number of carbonyl (C=O) groups is 1. The summed E-state index contributed by atoms with van der Waals surface area (Å²) >= 11 is 5.82. The van der Waals surface area contributed by atoms with Gasteiger partial charge < -0.3 is 9.64 Å². The van der Waals surface area contributed by atoms with Crippen molar-refractivity contribution >= 4 is 17.5 Å². The lowest BCUT2D eigenvalue weighted by Gasteiger charge is -2.24. The molecule has 1 aromatic rings. The molecule has 1 unspecified atom stereocenters. The van der Waals surface area contributed by atoms with Crippen LogP contribution in [0.3, 0.4) is 0 Å². The van der Waals surface area contributed by atoms with Crippen LogP contribution < -0.4 is 0 Å². The van der Waals surface area contributed by atoms with Crippen LogP contribution in [-0.4, -0.2) is 30.7 Å². The molecule has 0 aliphatic heterocycles. The summed E-state index contributed by atoms with van der Waals surface area (Å²) in [7, 11) is 1.39. The van der Waals surface area contributed by atoms with Gasteiger partial charge in [0.15, 0.2) is 0 Å². The van der Waals surface area contributed by atoms with E-state index in [1.54, 1.807) is 31.2 Å². The minimum Gasteiger partial charge on any atom is -0.349 e. The summed E-state index contributed by atoms with van der Waals surface area (Å²) in [5.41, 5.74) is 0.441. The van der Waals surface area contributed by atoms with E-state index < -0.39 is 6.23 Å². The first kappa shape index (κ1) is 13.5. The van der Waals surface area contributed by atoms with Gasteiger partial charge in [-0.2, -0.15) is 5.26 Å². The van der Waals surface area contributed by atoms with Gasteiger partial charge in [-0.05, 0) is 25.1 Å². The summed E-state index contributed by atoms with van der Waals surface area (Å²) in [6.07, 6.45) is -0.883. The minimum atomic E-state index is -0.883. The first-order valence-corrected chi connectivity index (χ1v) is 5.50. The van der Waals surface area contributed by atoms with Crippen LogP contribution in [0.5, 0.6) is 0 Å². The Hall–Kier alpha value is -1.57. The molecule has 0 radical (unpaired) electrons. The van der Waals surface area contributed by atoms with Crippen molar-refractivity contribution in [1.82, 2.24) is 4.90 Å². The SMILES string of the molecule is CCN(C(=O)c1cccc(Cl)c1)C(C#N)OC. The Morgan fingerprint density at radius 2 is 2.35 bits per heavy atom. The molecule has 0 fully saturated rings. The zero-order chi connectivity index (χ0) is 12.8. The van der Waals surface area contributed by atoms with Gasteiger partial charge in [0.05, 0.1) is 0 Å². The van der Waals surface area contributed by atoms with E-state index in [2.05, 4.69) is 0 Å². The molecule has 1 aromatic carbocycles. The Labute approximate surface area is 105 Å². The topological polar surface area (TPSA) is 53.3 Å². The number of ether oxygens (including phenoxy) is 1. The van der Waals surface area contributed by atoms with Gasteiger partial charge in [-0.15, -0.1) is 0 Å². The van der Waals surface area contributed by atoms with E-state index in [1.807, 2.05) is 6.07 Å². The number of methoxy groups -OCH3 is 1. The maximum atomic E-state index is 12.1. The van der Waals surface area contributed by atoms with Crippen molar-refractivity contribution in [2.24, 2.45) is 0 Å². The fourth-order valence-electron chi connectivity index (χ4n) is 1.45. The molecule has 90 valence electrons. The lowest BCUT2D eigenvalue weighted by atomic mass is 10.2. The number of nitrogens with zero attached hydrogens (tertiary/aromatic N) is 2. The second kappa shape index (κ2) is 6.24. The van der Waals surface area contributed by atoms with Crippen LogP contribution in [-0.2, 0) is 4.74 Å². The molecule has 0 spiro atoms. The molecule has 0 saturated carbocycles. The predicted molar refractivity (Wildman–Crippen MR) is 64.6 cm³/mol. The van der Waals surface area contributed by atoms with Crippen LogP contribution >= 0.6 is 11.6 Å². The number of hydrogen-bond acceptors (Lipinski definition) is 3. The average Bonchev–Trinajstić information content (AvgIpc) is 2.35. The van der Waals surface area contributed by atoms with Crippen LogP contribution in [0.1, 0.15) is 17.3 Å². The van der Waals surface area contributed by atoms with Crippen molar-refractivity contribution in [3.8, 4) is 6.07 Å². The third-order valence-corrected chi connectivity index (χ3v) is 2.52. The quantitative estimate of drug-likeness (QED) is 0.773. The molecule has 0 bridgehead atoms. The van der Waals surface area contributed by atoms with E-state index >= 15 is 0 Å². The average molecular weight is 253 g/mol. The van der Waals surface area contributed by atoms with Gasteiger partial charge in [-0.1, -0.05) is 17.7 Å². The highest BCUT2D eigenvalue weighted by Crippen LogP contribution is 2.14. The van der Waals surface area contributed by atoms with E-state index in [1.165, 1.54) is 12.0 Å². The first-order chi connectivity index (χ1) is 8.13. The van der Waals surface area contributed by atoms with Crippen LogP contribution in [0, 0.1) is 11.3 Å². The number of nitriles is 1. The molecule has 0 aliphatic carbocycles. The Balaban J connectivity index is 2.98. The smallest absolute Gasteiger partial charge is 0.256 e. The highest BCUT2D eigenvalue weighted by Gasteiger charge is 2.22. The van der Waals surface area contributed by atoms with Crippen molar-refractivity contribution in [1.29, 1.82) is 5.26 Å². The van der Waals surface area contributed by atoms with Gasteiger partial charge in [0, 0.05) is 24.2 Å². The lowest BCUT2D eigenvalue weighted by Crippen LogP contribution is -2.40. The van der Waals surface area contributed by atoms with E-state index in [4.69, 9.17) is 21.6 Å². The maximum Gasteiger partial charge on any atom is 0.256 e. The molecular formula is C12H13ClN2O2. The molecule has 4 nitrogen and oxygen atoms in total. The van der Waals surface area contributed by atoms with E-state index in [0.717, 1.165) is 0 Å². The fourth-order valence-corrected chi connectivity index (χ4v) is 1.64. The number of carbonyl (C=O) groups excluding carboxylic acids is 1. The molecule has 0 N–H and O–H groups in total. The summed E-state index contributed by atoms with van der Waals surface area (Å²) in [5, 5.41) is 9.37. The van der Waals surface area contributed by atoms with Gasteiger partial charge in [-0.3, -0.25) is 4.79 Å². The third-order valence-electron chi connectivity index (χ3n) is 2.29. The van der Waals surface area contributed by atoms with Crippen molar-refractivity contribution in [3.63, 3.8) is 0 Å². The number of rotatable bonds is 4. The highest BCUT2D eigenvalue weighted by molar-refractivity contribution is 6.30. The third kappa shape index (κ3) is 3.19. The minimum absolute atomic E-state index is 0.275. The second-order valence-corrected chi connectivity index (χ2v) is 3.76. The second-order valence-electron chi connectivity index (χ2n) is 3.32. The van der Waals surface area contributed by atoms with Crippen molar-refractivity contribution in [2.75, 3.05) is 13.7 Å². The van der Waals surface area contributed by atoms with Crippen LogP contribution in [0.4, 0.5) is 0 Å². The Morgan fingerprint density at radius 1 is 1.65 bits per heavy atom. The Morgan fingerprint density at radius 3 is 2.82 bits per heavy atom. The summed E-state index contributed by atoms with van der Waals surface area (Å²) in [6.45, 7) is 2.17. The van der Waals surface area contributed by atoms with E-state index in [-0.39, 0.29) is 5.91 Å². The predicted octanol–water partition coefficient (Wildman–Crippen LogP) is 2.30. The summed E-state index contributed by atoms with van der Waals surface area (Å²) < 4.78 is 4.94. The number of benzene rings is 1. The highest BCUT2D eigenvalue weighted by atomic mass is 35.5. The monoisotopic (exact) mass is 252 g/mol. The van der Waals surface area contributed by atoms with Gasteiger partial charge >= 0.3 is 0 Å². The molecule has 1 atom stereocenters. The zero-order valence-electron chi connectivity index (χ0n) is 9.68. The van der Waals surface area contributed by atoms with Crippen LogP contribution in [0.15, 0.2) is 24.3 Å². The molecule has 0 heterocycles. The number of amides is 1. The van der Waals surface area contributed by atoms with Gasteiger partial charge in [0.2, 0.25) is 6.23 Å². The van der Waals surface area contributed by atoms with Crippen molar-refractivity contribution in [2.45, 2.75) is 13.2 Å². The fraction of sp³-hybridized carbons (Fsp3) is 0.333. The number of hydrogen-bond donors (Lipinski definition) is 0.